The van der Waals surface area contributed by atoms with Crippen molar-refractivity contribution < 1.29 is 5.11 Å². The lowest BCUT2D eigenvalue weighted by atomic mass is 10.0. The van der Waals surface area contributed by atoms with Gasteiger partial charge in [0.15, 0.2) is 5.76 Å². The fraction of sp³-hybridized carbons (Fsp3) is 0.200. The quantitative estimate of drug-likeness (QED) is 0.679. The van der Waals surface area contributed by atoms with Gasteiger partial charge < -0.3 is 5.11 Å². The van der Waals surface area contributed by atoms with Gasteiger partial charge in [-0.05, 0) is 24.1 Å². The molecule has 6 heteroatoms. The van der Waals surface area contributed by atoms with E-state index in [4.69, 9.17) is 23.2 Å². The van der Waals surface area contributed by atoms with Gasteiger partial charge >= 0.3 is 0 Å². The maximum atomic E-state index is 10.5. The molecule has 1 N–H and O–H groups in total. The SMILES string of the molecule is CCc1nn(C)c(C(O)=C(C#N)c2ccc(Cl)cc2)c1Cl. The number of rotatable bonds is 3. The molecule has 1 heterocycles. The summed E-state index contributed by atoms with van der Waals surface area (Å²) in [5.74, 6) is -0.195. The second-order valence-electron chi connectivity index (χ2n) is 4.43. The molecule has 0 atom stereocenters. The highest BCUT2D eigenvalue weighted by Gasteiger charge is 2.20. The van der Waals surface area contributed by atoms with Crippen molar-refractivity contribution in [1.29, 1.82) is 5.26 Å². The van der Waals surface area contributed by atoms with Gasteiger partial charge in [-0.1, -0.05) is 42.3 Å². The molecule has 0 aliphatic carbocycles. The number of hydrogen-bond donors (Lipinski definition) is 1. The highest BCUT2D eigenvalue weighted by molar-refractivity contribution is 6.33. The smallest absolute Gasteiger partial charge is 0.160 e. The molecule has 0 bridgehead atoms. The Bertz CT molecular complexity index is 740. The summed E-state index contributed by atoms with van der Waals surface area (Å²) in [6.45, 7) is 1.92. The summed E-state index contributed by atoms with van der Waals surface area (Å²) >= 11 is 12.1. The van der Waals surface area contributed by atoms with Crippen LogP contribution in [-0.4, -0.2) is 14.9 Å². The summed E-state index contributed by atoms with van der Waals surface area (Å²) in [5, 5.41) is 25.0. The molecule has 0 saturated heterocycles. The fourth-order valence-corrected chi connectivity index (χ4v) is 2.54. The minimum Gasteiger partial charge on any atom is -0.504 e. The molecule has 2 aromatic rings. The van der Waals surface area contributed by atoms with Crippen LogP contribution in [0.2, 0.25) is 10.0 Å². The lowest BCUT2D eigenvalue weighted by Crippen LogP contribution is -2.00. The molecule has 108 valence electrons. The van der Waals surface area contributed by atoms with E-state index in [9.17, 15) is 10.4 Å². The molecule has 1 aromatic carbocycles. The summed E-state index contributed by atoms with van der Waals surface area (Å²) in [7, 11) is 1.67. The average molecular weight is 322 g/mol. The first-order valence-corrected chi connectivity index (χ1v) is 7.06. The summed E-state index contributed by atoms with van der Waals surface area (Å²) in [6, 6.07) is 8.66. The van der Waals surface area contributed by atoms with E-state index in [0.717, 1.165) is 0 Å². The minimum absolute atomic E-state index is 0.124. The zero-order chi connectivity index (χ0) is 15.6. The van der Waals surface area contributed by atoms with Gasteiger partial charge in [-0.2, -0.15) is 10.4 Å². The molecule has 0 spiro atoms. The third kappa shape index (κ3) is 2.90. The standard InChI is InChI=1S/C15H13Cl2N3O/c1-3-12-13(17)14(20(2)19-12)15(21)11(8-18)9-4-6-10(16)7-5-9/h4-7,21H,3H2,1-2H3. The summed E-state index contributed by atoms with van der Waals surface area (Å²) in [5.41, 5.74) is 1.70. The highest BCUT2D eigenvalue weighted by Crippen LogP contribution is 2.31. The van der Waals surface area contributed by atoms with Crippen molar-refractivity contribution in [1.82, 2.24) is 9.78 Å². The number of halogens is 2. The number of hydrogen-bond acceptors (Lipinski definition) is 3. The third-order valence-corrected chi connectivity index (χ3v) is 3.75. The van der Waals surface area contributed by atoms with Crippen molar-refractivity contribution in [3.63, 3.8) is 0 Å². The van der Waals surface area contributed by atoms with Crippen LogP contribution >= 0.6 is 23.2 Å². The molecular weight excluding hydrogens is 309 g/mol. The van der Waals surface area contributed by atoms with Gasteiger partial charge in [0.05, 0.1) is 10.7 Å². The van der Waals surface area contributed by atoms with Crippen LogP contribution < -0.4 is 0 Å². The topological polar surface area (TPSA) is 61.8 Å². The Hall–Kier alpha value is -1.96. The number of nitriles is 1. The monoisotopic (exact) mass is 321 g/mol. The van der Waals surface area contributed by atoms with Crippen molar-refractivity contribution in [3.8, 4) is 6.07 Å². The molecule has 0 unspecified atom stereocenters. The maximum absolute atomic E-state index is 10.5. The average Bonchev–Trinajstić information content (AvgIpc) is 2.76. The summed E-state index contributed by atoms with van der Waals surface area (Å²) in [4.78, 5) is 0. The van der Waals surface area contributed by atoms with Crippen LogP contribution in [0.3, 0.4) is 0 Å². The number of aromatic nitrogens is 2. The Labute approximate surface area is 132 Å². The normalized spacial score (nSPS) is 12.0. The van der Waals surface area contributed by atoms with E-state index in [1.165, 1.54) is 4.68 Å². The molecule has 21 heavy (non-hydrogen) atoms. The molecule has 0 aliphatic rings. The Morgan fingerprint density at radius 2 is 1.95 bits per heavy atom. The van der Waals surface area contributed by atoms with Gasteiger partial charge in [-0.25, -0.2) is 0 Å². The third-order valence-electron chi connectivity index (χ3n) is 3.10. The molecule has 1 aromatic heterocycles. The maximum Gasteiger partial charge on any atom is 0.160 e. The van der Waals surface area contributed by atoms with E-state index in [1.807, 2.05) is 13.0 Å². The molecule has 4 nitrogen and oxygen atoms in total. The van der Waals surface area contributed by atoms with Gasteiger partial charge in [-0.3, -0.25) is 4.68 Å². The van der Waals surface area contributed by atoms with Crippen LogP contribution in [-0.2, 0) is 13.5 Å². The van der Waals surface area contributed by atoms with Crippen LogP contribution in [0.15, 0.2) is 24.3 Å². The van der Waals surface area contributed by atoms with Crippen molar-refractivity contribution in [2.75, 3.05) is 0 Å². The predicted molar refractivity (Wildman–Crippen MR) is 84.1 cm³/mol. The van der Waals surface area contributed by atoms with E-state index in [-0.39, 0.29) is 11.3 Å². The second-order valence-corrected chi connectivity index (χ2v) is 5.24. The zero-order valence-corrected chi connectivity index (χ0v) is 13.1. The highest BCUT2D eigenvalue weighted by atomic mass is 35.5. The summed E-state index contributed by atoms with van der Waals surface area (Å²) < 4.78 is 1.48. The largest absolute Gasteiger partial charge is 0.504 e. The van der Waals surface area contributed by atoms with Gasteiger partial charge in [0.25, 0.3) is 0 Å². The fourth-order valence-electron chi connectivity index (χ4n) is 2.03. The number of benzene rings is 1. The molecule has 0 amide bonds. The van der Waals surface area contributed by atoms with Crippen molar-refractivity contribution >= 4 is 34.5 Å². The lowest BCUT2D eigenvalue weighted by molar-refractivity contribution is 0.503. The first-order valence-electron chi connectivity index (χ1n) is 6.30. The Balaban J connectivity index is 2.63. The molecule has 2 rings (SSSR count). The first kappa shape index (κ1) is 15.4. The van der Waals surface area contributed by atoms with E-state index < -0.39 is 0 Å². The predicted octanol–water partition coefficient (Wildman–Crippen LogP) is 4.24. The van der Waals surface area contributed by atoms with E-state index in [2.05, 4.69) is 5.10 Å². The number of aryl methyl sites for hydroxylation is 2. The Kier molecular flexibility index (Phi) is 4.56. The Morgan fingerprint density at radius 1 is 1.33 bits per heavy atom. The number of aliphatic hydroxyl groups excluding tert-OH is 1. The molecule has 0 fully saturated rings. The second kappa shape index (κ2) is 6.21. The minimum atomic E-state index is -0.195. The van der Waals surface area contributed by atoms with E-state index >= 15 is 0 Å². The molecular formula is C15H13Cl2N3O. The number of nitrogens with zero attached hydrogens (tertiary/aromatic N) is 3. The van der Waals surface area contributed by atoms with Crippen molar-refractivity contribution in [3.05, 3.63) is 51.3 Å². The first-order chi connectivity index (χ1) is 9.99. The molecule has 0 radical (unpaired) electrons. The van der Waals surface area contributed by atoms with Crippen LogP contribution in [0.1, 0.15) is 23.9 Å². The number of aliphatic hydroxyl groups is 1. The van der Waals surface area contributed by atoms with Crippen molar-refractivity contribution in [2.24, 2.45) is 7.05 Å². The Morgan fingerprint density at radius 3 is 2.43 bits per heavy atom. The van der Waals surface area contributed by atoms with Gasteiger partial charge in [0.2, 0.25) is 0 Å². The summed E-state index contributed by atoms with van der Waals surface area (Å²) in [6.07, 6.45) is 0.642. The molecule has 0 aliphatic heterocycles. The van der Waals surface area contributed by atoms with Gasteiger partial charge in [0.1, 0.15) is 17.3 Å². The lowest BCUT2D eigenvalue weighted by Gasteiger charge is -2.06. The zero-order valence-electron chi connectivity index (χ0n) is 11.6. The van der Waals surface area contributed by atoms with Crippen LogP contribution in [0.5, 0.6) is 0 Å². The van der Waals surface area contributed by atoms with Crippen LogP contribution in [0.25, 0.3) is 11.3 Å². The van der Waals surface area contributed by atoms with Crippen LogP contribution in [0, 0.1) is 11.3 Å². The van der Waals surface area contributed by atoms with Crippen molar-refractivity contribution in [2.45, 2.75) is 13.3 Å². The van der Waals surface area contributed by atoms with Crippen LogP contribution in [0.4, 0.5) is 0 Å². The van der Waals surface area contributed by atoms with Gasteiger partial charge in [0, 0.05) is 12.1 Å². The number of allylic oxidation sites excluding steroid dienone is 1. The van der Waals surface area contributed by atoms with E-state index in [1.54, 1.807) is 31.3 Å². The molecule has 0 saturated carbocycles. The van der Waals surface area contributed by atoms with Gasteiger partial charge in [-0.15, -0.1) is 0 Å². The van der Waals surface area contributed by atoms with E-state index in [0.29, 0.717) is 33.4 Å².